The van der Waals surface area contributed by atoms with Crippen LogP contribution in [0.4, 0.5) is 11.4 Å². The lowest BCUT2D eigenvalue weighted by atomic mass is 10.1. The molecule has 5 heteroatoms. The Morgan fingerprint density at radius 1 is 1.35 bits per heavy atom. The number of rotatable bonds is 6. The van der Waals surface area contributed by atoms with E-state index in [1.807, 2.05) is 6.07 Å². The van der Waals surface area contributed by atoms with E-state index < -0.39 is 0 Å². The molecule has 4 nitrogen and oxygen atoms in total. The van der Waals surface area contributed by atoms with Crippen molar-refractivity contribution in [2.45, 2.75) is 45.6 Å². The molecule has 1 aromatic rings. The molecular weight excluding hydrogens is 276 g/mol. The lowest BCUT2D eigenvalue weighted by molar-refractivity contribution is -0.118. The van der Waals surface area contributed by atoms with E-state index in [9.17, 15) is 4.79 Å². The van der Waals surface area contributed by atoms with E-state index >= 15 is 0 Å². The van der Waals surface area contributed by atoms with Crippen LogP contribution < -0.4 is 15.4 Å². The minimum atomic E-state index is -0.149. The highest BCUT2D eigenvalue weighted by Crippen LogP contribution is 2.36. The largest absolute Gasteiger partial charge is 0.482 e. The van der Waals surface area contributed by atoms with Gasteiger partial charge >= 0.3 is 0 Å². The first-order valence-corrected chi connectivity index (χ1v) is 7.54. The number of hydrogen-bond donors (Lipinski definition) is 2. The summed E-state index contributed by atoms with van der Waals surface area (Å²) in [6.45, 7) is 4.41. The number of amides is 1. The summed E-state index contributed by atoms with van der Waals surface area (Å²) in [6, 6.07) is 4.03. The van der Waals surface area contributed by atoms with Crippen LogP contribution in [-0.2, 0) is 4.79 Å². The Labute approximate surface area is 124 Å². The average molecular weight is 297 g/mol. The molecule has 0 saturated carbocycles. The average Bonchev–Trinajstić information content (AvgIpc) is 2.40. The predicted molar refractivity (Wildman–Crippen MR) is 82.8 cm³/mol. The number of hydrogen-bond acceptors (Lipinski definition) is 3. The minimum Gasteiger partial charge on any atom is -0.482 e. The fourth-order valence-electron chi connectivity index (χ4n) is 2.42. The van der Waals surface area contributed by atoms with Crippen molar-refractivity contribution in [2.75, 3.05) is 17.2 Å². The van der Waals surface area contributed by atoms with Crippen LogP contribution in [0.3, 0.4) is 0 Å². The number of fused-ring (bicyclic) bond motifs is 1. The smallest absolute Gasteiger partial charge is 0.262 e. The van der Waals surface area contributed by atoms with Gasteiger partial charge in [-0.05, 0) is 18.9 Å². The molecule has 0 bridgehead atoms. The molecule has 0 unspecified atom stereocenters. The number of halogens is 1. The third-order valence-electron chi connectivity index (χ3n) is 3.34. The van der Waals surface area contributed by atoms with Crippen LogP contribution in [0.25, 0.3) is 0 Å². The van der Waals surface area contributed by atoms with E-state index in [0.29, 0.717) is 22.5 Å². The molecule has 1 aliphatic heterocycles. The molecular formula is C15H21ClN2O2. The van der Waals surface area contributed by atoms with Gasteiger partial charge in [-0.15, -0.1) is 0 Å². The topological polar surface area (TPSA) is 50.4 Å². The van der Waals surface area contributed by atoms with E-state index in [0.717, 1.165) is 31.4 Å². The minimum absolute atomic E-state index is 0.0570. The monoisotopic (exact) mass is 296 g/mol. The summed E-state index contributed by atoms with van der Waals surface area (Å²) < 4.78 is 5.42. The number of anilines is 2. The summed E-state index contributed by atoms with van der Waals surface area (Å²) >= 11 is 6.28. The number of carbonyl (C=O) groups is 1. The first-order valence-electron chi connectivity index (χ1n) is 7.16. The van der Waals surface area contributed by atoms with Crippen LogP contribution in [0.2, 0.25) is 5.02 Å². The van der Waals surface area contributed by atoms with Gasteiger partial charge in [0.15, 0.2) is 6.61 Å². The molecule has 0 aromatic heterocycles. The molecule has 1 heterocycles. The van der Waals surface area contributed by atoms with Crippen molar-refractivity contribution in [1.82, 2.24) is 0 Å². The van der Waals surface area contributed by atoms with Gasteiger partial charge in [-0.25, -0.2) is 0 Å². The fraction of sp³-hybridized carbons (Fsp3) is 0.533. The normalized spacial score (nSPS) is 13.7. The third kappa shape index (κ3) is 3.57. The van der Waals surface area contributed by atoms with Crippen molar-refractivity contribution in [1.29, 1.82) is 0 Å². The van der Waals surface area contributed by atoms with E-state index in [4.69, 9.17) is 16.3 Å². The van der Waals surface area contributed by atoms with Gasteiger partial charge in [-0.3, -0.25) is 4.79 Å². The van der Waals surface area contributed by atoms with Gasteiger partial charge in [0, 0.05) is 12.1 Å². The van der Waals surface area contributed by atoms with Crippen molar-refractivity contribution in [3.63, 3.8) is 0 Å². The SMILES string of the molecule is CCCC(CCC)Nc1cc2c(cc1Cl)NC(=O)CO2. The van der Waals surface area contributed by atoms with Gasteiger partial charge < -0.3 is 15.4 Å². The van der Waals surface area contributed by atoms with Gasteiger partial charge in [-0.2, -0.15) is 0 Å². The van der Waals surface area contributed by atoms with Crippen LogP contribution in [0.5, 0.6) is 5.75 Å². The fourth-order valence-corrected chi connectivity index (χ4v) is 2.63. The highest BCUT2D eigenvalue weighted by molar-refractivity contribution is 6.33. The maximum atomic E-state index is 11.3. The summed E-state index contributed by atoms with van der Waals surface area (Å²) in [5.41, 5.74) is 1.51. The number of nitrogens with one attached hydrogen (secondary N) is 2. The van der Waals surface area contributed by atoms with E-state index in [1.165, 1.54) is 0 Å². The van der Waals surface area contributed by atoms with E-state index in [2.05, 4.69) is 24.5 Å². The highest BCUT2D eigenvalue weighted by atomic mass is 35.5. The van der Waals surface area contributed by atoms with Crippen molar-refractivity contribution in [2.24, 2.45) is 0 Å². The second-order valence-corrected chi connectivity index (χ2v) is 5.49. The molecule has 1 aromatic carbocycles. The zero-order valence-corrected chi connectivity index (χ0v) is 12.7. The lowest BCUT2D eigenvalue weighted by Crippen LogP contribution is -2.26. The first-order chi connectivity index (χ1) is 9.63. The van der Waals surface area contributed by atoms with Gasteiger partial charge in [0.1, 0.15) is 5.75 Å². The van der Waals surface area contributed by atoms with Gasteiger partial charge in [0.05, 0.1) is 16.4 Å². The second kappa shape index (κ2) is 6.84. The zero-order valence-electron chi connectivity index (χ0n) is 12.0. The summed E-state index contributed by atoms with van der Waals surface area (Å²) in [5, 5.41) is 6.84. The Bertz CT molecular complexity index is 485. The Hall–Kier alpha value is -1.42. The maximum absolute atomic E-state index is 11.3. The quantitative estimate of drug-likeness (QED) is 0.832. The molecule has 1 aliphatic rings. The van der Waals surface area contributed by atoms with Gasteiger partial charge in [-0.1, -0.05) is 38.3 Å². The molecule has 2 rings (SSSR count). The molecule has 0 radical (unpaired) electrons. The van der Waals surface area contributed by atoms with Crippen LogP contribution >= 0.6 is 11.6 Å². The Kier molecular flexibility index (Phi) is 5.12. The molecule has 1 amide bonds. The van der Waals surface area contributed by atoms with E-state index in [-0.39, 0.29) is 12.5 Å². The van der Waals surface area contributed by atoms with Crippen LogP contribution in [0, 0.1) is 0 Å². The number of benzene rings is 1. The second-order valence-electron chi connectivity index (χ2n) is 5.08. The summed E-state index contributed by atoms with van der Waals surface area (Å²) in [5.74, 6) is 0.521. The lowest BCUT2D eigenvalue weighted by Gasteiger charge is -2.23. The van der Waals surface area contributed by atoms with Gasteiger partial charge in [0.2, 0.25) is 0 Å². The predicted octanol–water partition coefficient (Wildman–Crippen LogP) is 4.05. The molecule has 110 valence electrons. The summed E-state index contributed by atoms with van der Waals surface area (Å²) in [7, 11) is 0. The van der Waals surface area contributed by atoms with Gasteiger partial charge in [0.25, 0.3) is 5.91 Å². The van der Waals surface area contributed by atoms with Crippen molar-refractivity contribution >= 4 is 28.9 Å². The Balaban J connectivity index is 2.17. The van der Waals surface area contributed by atoms with Crippen molar-refractivity contribution in [3.05, 3.63) is 17.2 Å². The maximum Gasteiger partial charge on any atom is 0.262 e. The summed E-state index contributed by atoms with van der Waals surface area (Å²) in [4.78, 5) is 11.3. The molecule has 20 heavy (non-hydrogen) atoms. The first kappa shape index (κ1) is 15.0. The van der Waals surface area contributed by atoms with E-state index in [1.54, 1.807) is 6.07 Å². The third-order valence-corrected chi connectivity index (χ3v) is 3.65. The Morgan fingerprint density at radius 2 is 2.05 bits per heavy atom. The number of ether oxygens (including phenoxy) is 1. The number of carbonyl (C=O) groups excluding carboxylic acids is 1. The molecule has 0 spiro atoms. The van der Waals surface area contributed by atoms with Crippen molar-refractivity contribution in [3.8, 4) is 5.75 Å². The van der Waals surface area contributed by atoms with Crippen LogP contribution in [0.15, 0.2) is 12.1 Å². The Morgan fingerprint density at radius 3 is 2.70 bits per heavy atom. The van der Waals surface area contributed by atoms with Crippen molar-refractivity contribution < 1.29 is 9.53 Å². The molecule has 2 N–H and O–H groups in total. The van der Waals surface area contributed by atoms with Crippen LogP contribution in [-0.4, -0.2) is 18.6 Å². The molecule has 0 aliphatic carbocycles. The zero-order chi connectivity index (χ0) is 14.5. The highest BCUT2D eigenvalue weighted by Gasteiger charge is 2.19. The standard InChI is InChI=1S/C15H21ClN2O2/c1-3-5-10(6-4-2)17-12-8-14-13(7-11(12)16)18-15(19)9-20-14/h7-8,10,17H,3-6,9H2,1-2H3,(H,18,19). The van der Waals surface area contributed by atoms with Crippen LogP contribution in [0.1, 0.15) is 39.5 Å². The molecule has 0 saturated heterocycles. The molecule has 0 fully saturated rings. The molecule has 0 atom stereocenters. The summed E-state index contributed by atoms with van der Waals surface area (Å²) in [6.07, 6.45) is 4.48.